The lowest BCUT2D eigenvalue weighted by Crippen LogP contribution is -2.05. The average Bonchev–Trinajstić information content (AvgIpc) is 2.95. The van der Waals surface area contributed by atoms with E-state index >= 15 is 0 Å². The van der Waals surface area contributed by atoms with E-state index in [-0.39, 0.29) is 11.5 Å². The molecule has 0 saturated heterocycles. The van der Waals surface area contributed by atoms with Gasteiger partial charge in [0.25, 0.3) is 0 Å². The molecule has 0 bridgehead atoms. The molecule has 3 aromatic rings. The molecule has 0 aliphatic heterocycles. The molecule has 3 nitrogen and oxygen atoms in total. The number of hydrogen-bond acceptors (Lipinski definition) is 3. The molecule has 0 aliphatic rings. The first-order valence-corrected chi connectivity index (χ1v) is 11.6. The molecular formula is C19H14ClI3O3. The molecule has 3 rings (SSSR count). The molecule has 1 heterocycles. The number of fused-ring (bicyclic) bond motifs is 1. The molecule has 0 aliphatic carbocycles. The van der Waals surface area contributed by atoms with E-state index in [0.29, 0.717) is 41.1 Å². The Morgan fingerprint density at radius 3 is 2.38 bits per heavy atom. The van der Waals surface area contributed by atoms with E-state index in [1.54, 1.807) is 18.2 Å². The highest BCUT2D eigenvalue weighted by molar-refractivity contribution is 14.1. The fraction of sp³-hybridized carbons (Fsp3) is 0.211. The smallest absolute Gasteiger partial charge is 0.197 e. The maximum Gasteiger partial charge on any atom is 0.197 e. The summed E-state index contributed by atoms with van der Waals surface area (Å²) in [7, 11) is 0. The van der Waals surface area contributed by atoms with E-state index in [2.05, 4.69) is 29.5 Å². The maximum atomic E-state index is 13.3. The van der Waals surface area contributed by atoms with Gasteiger partial charge in [0.1, 0.15) is 17.1 Å². The Hall–Kier alpha value is -0.0700. The third kappa shape index (κ3) is 4.02. The summed E-state index contributed by atoms with van der Waals surface area (Å²) in [5.41, 5.74) is 1.81. The van der Waals surface area contributed by atoms with Crippen LogP contribution < -0.4 is 0 Å². The van der Waals surface area contributed by atoms with Gasteiger partial charge in [-0.1, -0.05) is 24.9 Å². The summed E-state index contributed by atoms with van der Waals surface area (Å²) in [5.74, 6) is 0.789. The van der Waals surface area contributed by atoms with Crippen molar-refractivity contribution in [3.05, 3.63) is 56.9 Å². The van der Waals surface area contributed by atoms with Gasteiger partial charge in [0.2, 0.25) is 0 Å². The Bertz CT molecular complexity index is 988. The van der Waals surface area contributed by atoms with Crippen molar-refractivity contribution in [2.75, 3.05) is 0 Å². The largest absolute Gasteiger partial charge is 0.506 e. The van der Waals surface area contributed by atoms with Gasteiger partial charge in [-0.15, -0.1) is 0 Å². The zero-order valence-electron chi connectivity index (χ0n) is 13.7. The number of hydrogen-bond donors (Lipinski definition) is 1. The topological polar surface area (TPSA) is 50.4 Å². The van der Waals surface area contributed by atoms with Crippen LogP contribution in [0.1, 0.15) is 41.4 Å². The predicted octanol–water partition coefficient (Wildman–Crippen LogP) is 7.18. The molecule has 1 aromatic heterocycles. The van der Waals surface area contributed by atoms with Gasteiger partial charge in [-0.3, -0.25) is 4.79 Å². The summed E-state index contributed by atoms with van der Waals surface area (Å²) in [6.45, 7) is 2.11. The second-order valence-electron chi connectivity index (χ2n) is 5.89. The van der Waals surface area contributed by atoms with E-state index in [0.717, 1.165) is 21.8 Å². The van der Waals surface area contributed by atoms with Gasteiger partial charge < -0.3 is 9.52 Å². The Morgan fingerprint density at radius 1 is 1.12 bits per heavy atom. The molecule has 0 atom stereocenters. The van der Waals surface area contributed by atoms with Gasteiger partial charge in [0, 0.05) is 22.4 Å². The van der Waals surface area contributed by atoms with Crippen LogP contribution in [-0.4, -0.2) is 10.9 Å². The zero-order valence-corrected chi connectivity index (χ0v) is 20.9. The zero-order chi connectivity index (χ0) is 19.0. The highest BCUT2D eigenvalue weighted by Crippen LogP contribution is 2.36. The first-order chi connectivity index (χ1) is 12.3. The number of furan rings is 1. The number of halogens is 4. The van der Waals surface area contributed by atoms with Crippen molar-refractivity contribution in [2.45, 2.75) is 26.2 Å². The Labute approximate surface area is 197 Å². The van der Waals surface area contributed by atoms with E-state index in [4.69, 9.17) is 16.0 Å². The van der Waals surface area contributed by atoms with Gasteiger partial charge in [0.05, 0.1) is 16.3 Å². The number of phenolic OH excluding ortho intramolecular Hbond substituents is 1. The average molecular weight is 706 g/mol. The lowest BCUT2D eigenvalue weighted by molar-refractivity contribution is 0.103. The molecule has 2 aromatic carbocycles. The highest BCUT2D eigenvalue weighted by atomic mass is 127. The molecule has 26 heavy (non-hydrogen) atoms. The summed E-state index contributed by atoms with van der Waals surface area (Å²) in [5, 5.41) is 11.3. The normalized spacial score (nSPS) is 11.3. The second-order valence-corrected chi connectivity index (χ2v) is 9.81. The summed E-state index contributed by atoms with van der Waals surface area (Å²) >= 11 is 12.5. The number of ketones is 1. The van der Waals surface area contributed by atoms with Crippen molar-refractivity contribution < 1.29 is 14.3 Å². The van der Waals surface area contributed by atoms with Gasteiger partial charge in [-0.2, -0.15) is 0 Å². The number of unbranched alkanes of at least 4 members (excludes halogenated alkanes) is 1. The van der Waals surface area contributed by atoms with Crippen molar-refractivity contribution in [3.8, 4) is 5.75 Å². The fourth-order valence-electron chi connectivity index (χ4n) is 2.78. The van der Waals surface area contributed by atoms with Crippen LogP contribution in [0.5, 0.6) is 5.75 Å². The van der Waals surface area contributed by atoms with E-state index in [1.165, 1.54) is 0 Å². The van der Waals surface area contributed by atoms with Crippen LogP contribution in [0.2, 0.25) is 5.02 Å². The van der Waals surface area contributed by atoms with Crippen LogP contribution in [-0.2, 0) is 6.42 Å². The number of carbonyl (C=O) groups excluding carboxylic acids is 1. The molecule has 1 N–H and O–H groups in total. The monoisotopic (exact) mass is 706 g/mol. The molecular weight excluding hydrogens is 692 g/mol. The van der Waals surface area contributed by atoms with Crippen LogP contribution >= 0.6 is 79.4 Å². The molecule has 0 fully saturated rings. The number of aryl methyl sites for hydroxylation is 1. The molecule has 0 spiro atoms. The second kappa shape index (κ2) is 8.52. The lowest BCUT2D eigenvalue weighted by atomic mass is 9.98. The van der Waals surface area contributed by atoms with Gasteiger partial charge in [-0.05, 0) is 98.5 Å². The number of phenols is 1. The van der Waals surface area contributed by atoms with Crippen LogP contribution in [0.4, 0.5) is 0 Å². The Balaban J connectivity index is 2.23. The van der Waals surface area contributed by atoms with Gasteiger partial charge >= 0.3 is 0 Å². The van der Waals surface area contributed by atoms with Crippen molar-refractivity contribution >= 4 is 96.1 Å². The Morgan fingerprint density at radius 2 is 1.77 bits per heavy atom. The minimum absolute atomic E-state index is 0.108. The first-order valence-electron chi connectivity index (χ1n) is 7.96. The third-order valence-corrected chi connectivity index (χ3v) is 6.71. The number of rotatable bonds is 5. The predicted molar refractivity (Wildman–Crippen MR) is 130 cm³/mol. The minimum Gasteiger partial charge on any atom is -0.506 e. The van der Waals surface area contributed by atoms with Gasteiger partial charge in [-0.25, -0.2) is 0 Å². The molecule has 136 valence electrons. The molecule has 7 heteroatoms. The fourth-order valence-corrected chi connectivity index (χ4v) is 5.68. The number of aromatic hydroxyl groups is 1. The van der Waals surface area contributed by atoms with Gasteiger partial charge in [0.15, 0.2) is 5.78 Å². The van der Waals surface area contributed by atoms with Crippen LogP contribution in [0.15, 0.2) is 28.7 Å². The SMILES string of the molecule is CCCCc1oc2c(I)cc(Cl)cc2c1C(=O)c1cc(I)c(O)c(I)c1. The molecule has 0 radical (unpaired) electrons. The highest BCUT2D eigenvalue weighted by Gasteiger charge is 2.24. The first kappa shape index (κ1) is 20.7. The summed E-state index contributed by atoms with van der Waals surface area (Å²) in [4.78, 5) is 13.3. The van der Waals surface area contributed by atoms with Crippen molar-refractivity contribution in [1.29, 1.82) is 0 Å². The van der Waals surface area contributed by atoms with E-state index in [1.807, 2.05) is 51.2 Å². The van der Waals surface area contributed by atoms with Crippen molar-refractivity contribution in [3.63, 3.8) is 0 Å². The van der Waals surface area contributed by atoms with Crippen molar-refractivity contribution in [2.24, 2.45) is 0 Å². The third-order valence-electron chi connectivity index (χ3n) is 4.05. The summed E-state index contributed by atoms with van der Waals surface area (Å²) in [6, 6.07) is 7.04. The summed E-state index contributed by atoms with van der Waals surface area (Å²) in [6.07, 6.45) is 2.65. The number of benzene rings is 2. The molecule has 0 unspecified atom stereocenters. The van der Waals surface area contributed by atoms with Crippen LogP contribution in [0, 0.1) is 10.7 Å². The van der Waals surface area contributed by atoms with E-state index < -0.39 is 0 Å². The maximum absolute atomic E-state index is 13.3. The van der Waals surface area contributed by atoms with Crippen LogP contribution in [0.3, 0.4) is 0 Å². The van der Waals surface area contributed by atoms with E-state index in [9.17, 15) is 9.90 Å². The standard InChI is InChI=1S/C19H14ClI3O3/c1-2-3-4-15-16(11-7-10(20)8-14(23)19(11)26-15)17(24)9-5-12(21)18(25)13(22)6-9/h5-8,25H,2-4H2,1H3. The summed E-state index contributed by atoms with van der Waals surface area (Å²) < 4.78 is 8.25. The Kier molecular flexibility index (Phi) is 6.77. The molecule has 0 saturated carbocycles. The lowest BCUT2D eigenvalue weighted by Gasteiger charge is -2.07. The quantitative estimate of drug-likeness (QED) is 0.226. The molecule has 0 amide bonds. The van der Waals surface area contributed by atoms with Crippen LogP contribution in [0.25, 0.3) is 11.0 Å². The number of carbonyl (C=O) groups is 1. The minimum atomic E-state index is -0.108. The van der Waals surface area contributed by atoms with Crippen molar-refractivity contribution in [1.82, 2.24) is 0 Å².